The fourth-order valence-electron chi connectivity index (χ4n) is 3.65. The number of piperazine rings is 1. The summed E-state index contributed by atoms with van der Waals surface area (Å²) in [6.07, 6.45) is 1.97. The maximum Gasteiger partial charge on any atom is 0.157 e. The lowest BCUT2D eigenvalue weighted by atomic mass is 10.0. The molecule has 1 saturated heterocycles. The highest BCUT2D eigenvalue weighted by atomic mass is 35.5. The molecule has 0 saturated carbocycles. The van der Waals surface area contributed by atoms with Crippen LogP contribution in [0.25, 0.3) is 11.0 Å². The minimum atomic E-state index is 0.318. The predicted octanol–water partition coefficient (Wildman–Crippen LogP) is 3.08. The molecule has 0 bridgehead atoms. The molecule has 25 heavy (non-hydrogen) atoms. The molecule has 130 valence electrons. The van der Waals surface area contributed by atoms with Gasteiger partial charge in [0.2, 0.25) is 0 Å². The van der Waals surface area contributed by atoms with Gasteiger partial charge in [-0.05, 0) is 36.2 Å². The Morgan fingerprint density at radius 2 is 2.20 bits per heavy atom. The molecule has 1 unspecified atom stereocenters. The van der Waals surface area contributed by atoms with Crippen LogP contribution in [-0.2, 0) is 13.6 Å². The van der Waals surface area contributed by atoms with E-state index in [2.05, 4.69) is 38.5 Å². The first-order valence-corrected chi connectivity index (χ1v) is 8.98. The van der Waals surface area contributed by atoms with Crippen LogP contribution in [0.15, 0.2) is 36.5 Å². The minimum absolute atomic E-state index is 0.318. The lowest BCUT2D eigenvalue weighted by Crippen LogP contribution is -2.45. The van der Waals surface area contributed by atoms with E-state index >= 15 is 0 Å². The van der Waals surface area contributed by atoms with Crippen molar-refractivity contribution in [1.82, 2.24) is 25.0 Å². The number of benzene rings is 1. The van der Waals surface area contributed by atoms with E-state index in [0.29, 0.717) is 6.04 Å². The highest BCUT2D eigenvalue weighted by Crippen LogP contribution is 2.27. The fourth-order valence-corrected chi connectivity index (χ4v) is 3.85. The molecule has 0 aliphatic carbocycles. The summed E-state index contributed by atoms with van der Waals surface area (Å²) in [4.78, 5) is 7.11. The Balaban J connectivity index is 1.62. The quantitative estimate of drug-likeness (QED) is 0.784. The van der Waals surface area contributed by atoms with Gasteiger partial charge in [-0.1, -0.05) is 23.7 Å². The van der Waals surface area contributed by atoms with Crippen molar-refractivity contribution in [3.8, 4) is 0 Å². The van der Waals surface area contributed by atoms with E-state index < -0.39 is 0 Å². The SMILES string of the molecule is Cc1nn(C)c2ncc(CN3CCNCC3c3cccc(Cl)c3)cc12. The Kier molecular flexibility index (Phi) is 4.46. The van der Waals surface area contributed by atoms with Gasteiger partial charge in [-0.2, -0.15) is 5.10 Å². The van der Waals surface area contributed by atoms with Crippen molar-refractivity contribution in [1.29, 1.82) is 0 Å². The third-order valence-electron chi connectivity index (χ3n) is 4.89. The average molecular weight is 356 g/mol. The number of aryl methyl sites for hydroxylation is 2. The van der Waals surface area contributed by atoms with Crippen molar-refractivity contribution in [3.05, 3.63) is 58.4 Å². The van der Waals surface area contributed by atoms with Crippen molar-refractivity contribution < 1.29 is 0 Å². The highest BCUT2D eigenvalue weighted by molar-refractivity contribution is 6.30. The van der Waals surface area contributed by atoms with Crippen LogP contribution in [-0.4, -0.2) is 39.3 Å². The molecule has 1 aliphatic heterocycles. The number of hydrogen-bond acceptors (Lipinski definition) is 4. The largest absolute Gasteiger partial charge is 0.314 e. The van der Waals surface area contributed by atoms with Crippen molar-refractivity contribution in [2.24, 2.45) is 7.05 Å². The van der Waals surface area contributed by atoms with Crippen LogP contribution in [0.2, 0.25) is 5.02 Å². The predicted molar refractivity (Wildman–Crippen MR) is 101 cm³/mol. The standard InChI is InChI=1S/C19H22ClN5/c1-13-17-8-14(10-22-19(17)24(2)23-13)12-25-7-6-21-11-18(25)15-4-3-5-16(20)9-15/h3-5,8-10,18,21H,6-7,11-12H2,1-2H3. The van der Waals surface area contributed by atoms with Gasteiger partial charge >= 0.3 is 0 Å². The van der Waals surface area contributed by atoms with E-state index in [1.807, 2.05) is 37.0 Å². The smallest absolute Gasteiger partial charge is 0.157 e. The summed E-state index contributed by atoms with van der Waals surface area (Å²) in [5.74, 6) is 0. The summed E-state index contributed by atoms with van der Waals surface area (Å²) in [6.45, 7) is 5.84. The van der Waals surface area contributed by atoms with Crippen molar-refractivity contribution in [2.45, 2.75) is 19.5 Å². The second-order valence-electron chi connectivity index (χ2n) is 6.67. The lowest BCUT2D eigenvalue weighted by molar-refractivity contribution is 0.153. The Bertz CT molecular complexity index is 904. The minimum Gasteiger partial charge on any atom is -0.314 e. The van der Waals surface area contributed by atoms with E-state index in [-0.39, 0.29) is 0 Å². The first-order valence-electron chi connectivity index (χ1n) is 8.60. The molecule has 3 aromatic rings. The normalized spacial score (nSPS) is 18.8. The van der Waals surface area contributed by atoms with Crippen molar-refractivity contribution in [2.75, 3.05) is 19.6 Å². The van der Waals surface area contributed by atoms with E-state index in [0.717, 1.165) is 47.9 Å². The summed E-state index contributed by atoms with van der Waals surface area (Å²) in [6, 6.07) is 10.7. The maximum atomic E-state index is 6.20. The first kappa shape index (κ1) is 16.5. The molecule has 5 nitrogen and oxygen atoms in total. The molecule has 0 spiro atoms. The van der Waals surface area contributed by atoms with E-state index in [1.165, 1.54) is 11.1 Å². The van der Waals surface area contributed by atoms with Gasteiger partial charge in [-0.15, -0.1) is 0 Å². The number of halogens is 1. The number of aromatic nitrogens is 3. The molecule has 0 amide bonds. The van der Waals surface area contributed by atoms with Crippen LogP contribution < -0.4 is 5.32 Å². The van der Waals surface area contributed by atoms with Gasteiger partial charge in [0.05, 0.1) is 5.69 Å². The number of pyridine rings is 1. The molecule has 4 rings (SSSR count). The van der Waals surface area contributed by atoms with Crippen LogP contribution in [0.5, 0.6) is 0 Å². The molecular formula is C19H22ClN5. The Labute approximate surface area is 152 Å². The number of rotatable bonds is 3. The van der Waals surface area contributed by atoms with Crippen LogP contribution >= 0.6 is 11.6 Å². The summed E-state index contributed by atoms with van der Waals surface area (Å²) >= 11 is 6.20. The summed E-state index contributed by atoms with van der Waals surface area (Å²) in [7, 11) is 1.94. The van der Waals surface area contributed by atoms with Gasteiger partial charge < -0.3 is 5.32 Å². The molecule has 1 aromatic carbocycles. The maximum absolute atomic E-state index is 6.20. The van der Waals surface area contributed by atoms with Crippen molar-refractivity contribution >= 4 is 22.6 Å². The Hall–Kier alpha value is -1.95. The lowest BCUT2D eigenvalue weighted by Gasteiger charge is -2.36. The zero-order valence-electron chi connectivity index (χ0n) is 14.5. The molecule has 0 radical (unpaired) electrons. The van der Waals surface area contributed by atoms with E-state index in [4.69, 9.17) is 11.6 Å². The van der Waals surface area contributed by atoms with Crippen LogP contribution in [0.4, 0.5) is 0 Å². The molecule has 2 aromatic heterocycles. The molecule has 3 heterocycles. The molecule has 1 fully saturated rings. The molecule has 1 atom stereocenters. The van der Waals surface area contributed by atoms with Crippen LogP contribution in [0.1, 0.15) is 22.9 Å². The Morgan fingerprint density at radius 3 is 3.04 bits per heavy atom. The second-order valence-corrected chi connectivity index (χ2v) is 7.11. The third-order valence-corrected chi connectivity index (χ3v) is 5.13. The number of nitrogens with one attached hydrogen (secondary N) is 1. The zero-order chi connectivity index (χ0) is 17.4. The topological polar surface area (TPSA) is 46.0 Å². The summed E-state index contributed by atoms with van der Waals surface area (Å²) in [5, 5.41) is 9.89. The number of hydrogen-bond donors (Lipinski definition) is 1. The molecule has 1 aliphatic rings. The van der Waals surface area contributed by atoms with Gasteiger partial charge in [0, 0.05) is 55.9 Å². The molecular weight excluding hydrogens is 334 g/mol. The van der Waals surface area contributed by atoms with Crippen LogP contribution in [0.3, 0.4) is 0 Å². The van der Waals surface area contributed by atoms with Crippen LogP contribution in [0, 0.1) is 6.92 Å². The highest BCUT2D eigenvalue weighted by Gasteiger charge is 2.24. The van der Waals surface area contributed by atoms with Gasteiger partial charge in [0.25, 0.3) is 0 Å². The van der Waals surface area contributed by atoms with E-state index in [1.54, 1.807) is 0 Å². The van der Waals surface area contributed by atoms with Gasteiger partial charge in [-0.3, -0.25) is 9.58 Å². The van der Waals surface area contributed by atoms with Gasteiger partial charge in [0.15, 0.2) is 5.65 Å². The van der Waals surface area contributed by atoms with Gasteiger partial charge in [0.1, 0.15) is 0 Å². The van der Waals surface area contributed by atoms with Crippen molar-refractivity contribution in [3.63, 3.8) is 0 Å². The third kappa shape index (κ3) is 3.27. The number of fused-ring (bicyclic) bond motifs is 1. The van der Waals surface area contributed by atoms with Gasteiger partial charge in [-0.25, -0.2) is 4.98 Å². The molecule has 6 heteroatoms. The fraction of sp³-hybridized carbons (Fsp3) is 0.368. The summed E-state index contributed by atoms with van der Waals surface area (Å²) in [5.41, 5.74) is 4.44. The summed E-state index contributed by atoms with van der Waals surface area (Å²) < 4.78 is 1.84. The zero-order valence-corrected chi connectivity index (χ0v) is 15.3. The van der Waals surface area contributed by atoms with E-state index in [9.17, 15) is 0 Å². The second kappa shape index (κ2) is 6.75. The monoisotopic (exact) mass is 355 g/mol. The first-order chi connectivity index (χ1) is 12.1. The Morgan fingerprint density at radius 1 is 1.32 bits per heavy atom. The number of nitrogens with zero attached hydrogens (tertiary/aromatic N) is 4. The average Bonchev–Trinajstić information content (AvgIpc) is 2.89. The molecule has 1 N–H and O–H groups in total.